The summed E-state index contributed by atoms with van der Waals surface area (Å²) in [7, 11) is -3.70. The van der Waals surface area contributed by atoms with E-state index >= 15 is 0 Å². The molecule has 0 aliphatic carbocycles. The highest BCUT2D eigenvalue weighted by Crippen LogP contribution is 2.23. The van der Waals surface area contributed by atoms with Crippen molar-refractivity contribution in [2.24, 2.45) is 0 Å². The summed E-state index contributed by atoms with van der Waals surface area (Å²) in [6.07, 6.45) is 4.38. The van der Waals surface area contributed by atoms with Crippen LogP contribution in [0.3, 0.4) is 0 Å². The van der Waals surface area contributed by atoms with Crippen molar-refractivity contribution in [1.82, 2.24) is 9.71 Å². The number of piperidine rings is 1. The molecule has 0 radical (unpaired) electrons. The number of amides is 2. The van der Waals surface area contributed by atoms with Gasteiger partial charge >= 0.3 is 0 Å². The Kier molecular flexibility index (Phi) is 4.91. The molecule has 1 N–H and O–H groups in total. The van der Waals surface area contributed by atoms with Crippen LogP contribution in [-0.4, -0.2) is 25.2 Å². The summed E-state index contributed by atoms with van der Waals surface area (Å²) < 4.78 is 27.2. The standard InChI is InChI=1S/C17H17N3O4S/c21-16-4-1-5-17(22)20(16)14-6-8-15(9-7-14)25(23,24)19-12-13-3-2-10-18-11-13/h2-3,6-11,19H,1,4-5,12H2. The number of benzene rings is 1. The molecule has 0 unspecified atom stereocenters. The van der Waals surface area contributed by atoms with Crippen molar-refractivity contribution >= 4 is 27.5 Å². The van der Waals surface area contributed by atoms with Crippen molar-refractivity contribution < 1.29 is 18.0 Å². The van der Waals surface area contributed by atoms with Crippen molar-refractivity contribution in [3.63, 3.8) is 0 Å². The van der Waals surface area contributed by atoms with E-state index < -0.39 is 10.0 Å². The number of sulfonamides is 1. The number of carbonyl (C=O) groups is 2. The van der Waals surface area contributed by atoms with Crippen LogP contribution in [0.4, 0.5) is 5.69 Å². The van der Waals surface area contributed by atoms with E-state index in [0.717, 1.165) is 10.5 Å². The lowest BCUT2D eigenvalue weighted by Crippen LogP contribution is -2.40. The number of rotatable bonds is 5. The molecule has 1 fully saturated rings. The van der Waals surface area contributed by atoms with Gasteiger partial charge in [0.2, 0.25) is 21.8 Å². The molecule has 1 saturated heterocycles. The molecule has 8 heteroatoms. The second kappa shape index (κ2) is 7.12. The van der Waals surface area contributed by atoms with Crippen LogP contribution in [0.5, 0.6) is 0 Å². The van der Waals surface area contributed by atoms with Gasteiger partial charge in [0.15, 0.2) is 0 Å². The molecule has 0 saturated carbocycles. The van der Waals surface area contributed by atoms with E-state index in [9.17, 15) is 18.0 Å². The number of imide groups is 1. The first-order valence-electron chi connectivity index (χ1n) is 7.82. The van der Waals surface area contributed by atoms with Crippen molar-refractivity contribution in [3.8, 4) is 0 Å². The summed E-state index contributed by atoms with van der Waals surface area (Å²) in [5, 5.41) is 0. The summed E-state index contributed by atoms with van der Waals surface area (Å²) in [5.74, 6) is -0.525. The molecular formula is C17H17N3O4S. The predicted molar refractivity (Wildman–Crippen MR) is 91.0 cm³/mol. The van der Waals surface area contributed by atoms with E-state index in [0.29, 0.717) is 24.9 Å². The van der Waals surface area contributed by atoms with Gasteiger partial charge in [-0.1, -0.05) is 6.07 Å². The minimum Gasteiger partial charge on any atom is -0.274 e. The van der Waals surface area contributed by atoms with Gasteiger partial charge < -0.3 is 0 Å². The van der Waals surface area contributed by atoms with Crippen molar-refractivity contribution in [2.45, 2.75) is 30.7 Å². The fourth-order valence-electron chi connectivity index (χ4n) is 2.58. The number of carbonyl (C=O) groups excluding carboxylic acids is 2. The van der Waals surface area contributed by atoms with E-state index in [1.807, 2.05) is 0 Å². The van der Waals surface area contributed by atoms with Crippen LogP contribution in [-0.2, 0) is 26.2 Å². The smallest absolute Gasteiger partial charge is 0.240 e. The predicted octanol–water partition coefficient (Wildman–Crippen LogP) is 1.60. The van der Waals surface area contributed by atoms with Crippen molar-refractivity contribution in [2.75, 3.05) is 4.90 Å². The number of pyridine rings is 1. The molecule has 1 aliphatic rings. The number of nitrogens with zero attached hydrogens (tertiary/aromatic N) is 2. The second-order valence-electron chi connectivity index (χ2n) is 5.66. The molecule has 0 atom stereocenters. The zero-order valence-corrected chi connectivity index (χ0v) is 14.2. The van der Waals surface area contributed by atoms with Crippen LogP contribution < -0.4 is 9.62 Å². The summed E-state index contributed by atoms with van der Waals surface area (Å²) in [6.45, 7) is 0.126. The average Bonchev–Trinajstić information content (AvgIpc) is 2.61. The van der Waals surface area contributed by atoms with Crippen LogP contribution in [0.1, 0.15) is 24.8 Å². The third-order valence-corrected chi connectivity index (χ3v) is 5.29. The number of hydrogen-bond donors (Lipinski definition) is 1. The zero-order chi connectivity index (χ0) is 17.9. The largest absolute Gasteiger partial charge is 0.274 e. The van der Waals surface area contributed by atoms with Gasteiger partial charge in [-0.15, -0.1) is 0 Å². The maximum Gasteiger partial charge on any atom is 0.240 e. The Morgan fingerprint density at radius 3 is 2.32 bits per heavy atom. The van der Waals surface area contributed by atoms with Crippen LogP contribution in [0.2, 0.25) is 0 Å². The number of aromatic nitrogens is 1. The van der Waals surface area contributed by atoms with Crippen LogP contribution in [0.15, 0.2) is 53.7 Å². The van der Waals surface area contributed by atoms with Gasteiger partial charge in [-0.25, -0.2) is 13.1 Å². The molecule has 2 aromatic rings. The first-order chi connectivity index (χ1) is 12.0. The Hall–Kier alpha value is -2.58. The first-order valence-corrected chi connectivity index (χ1v) is 9.30. The third kappa shape index (κ3) is 3.92. The maximum absolute atomic E-state index is 12.3. The van der Waals surface area contributed by atoms with Crippen LogP contribution >= 0.6 is 0 Å². The van der Waals surface area contributed by atoms with Gasteiger partial charge in [0.05, 0.1) is 10.6 Å². The lowest BCUT2D eigenvalue weighted by Gasteiger charge is -2.24. The van der Waals surface area contributed by atoms with E-state index in [4.69, 9.17) is 0 Å². The molecule has 0 spiro atoms. The minimum absolute atomic E-state index is 0.0667. The Morgan fingerprint density at radius 1 is 1.04 bits per heavy atom. The van der Waals surface area contributed by atoms with Crippen molar-refractivity contribution in [3.05, 3.63) is 54.4 Å². The molecule has 25 heavy (non-hydrogen) atoms. The molecular weight excluding hydrogens is 342 g/mol. The number of hydrogen-bond acceptors (Lipinski definition) is 5. The molecule has 1 aromatic carbocycles. The van der Waals surface area contributed by atoms with Crippen molar-refractivity contribution in [1.29, 1.82) is 0 Å². The number of nitrogens with one attached hydrogen (secondary N) is 1. The summed E-state index contributed by atoms with van der Waals surface area (Å²) in [6, 6.07) is 9.21. The quantitative estimate of drug-likeness (QED) is 0.818. The van der Waals surface area contributed by atoms with E-state index in [1.54, 1.807) is 24.5 Å². The molecule has 7 nitrogen and oxygen atoms in total. The Bertz CT molecular complexity index is 864. The molecule has 2 heterocycles. The monoisotopic (exact) mass is 359 g/mol. The lowest BCUT2D eigenvalue weighted by molar-refractivity contribution is -0.129. The molecule has 0 bridgehead atoms. The normalized spacial score (nSPS) is 15.4. The Morgan fingerprint density at radius 2 is 1.72 bits per heavy atom. The summed E-state index contributed by atoms with van der Waals surface area (Å²) in [4.78, 5) is 28.9. The lowest BCUT2D eigenvalue weighted by atomic mass is 10.1. The topological polar surface area (TPSA) is 96.4 Å². The summed E-state index contributed by atoms with van der Waals surface area (Å²) >= 11 is 0. The van der Waals surface area contributed by atoms with Gasteiger partial charge in [0, 0.05) is 31.8 Å². The number of anilines is 1. The van der Waals surface area contributed by atoms with E-state index in [2.05, 4.69) is 9.71 Å². The second-order valence-corrected chi connectivity index (χ2v) is 7.42. The molecule has 3 rings (SSSR count). The van der Waals surface area contributed by atoms with Gasteiger partial charge in [-0.2, -0.15) is 0 Å². The van der Waals surface area contributed by atoms with E-state index in [1.165, 1.54) is 24.3 Å². The highest BCUT2D eigenvalue weighted by molar-refractivity contribution is 7.89. The zero-order valence-electron chi connectivity index (χ0n) is 13.4. The minimum atomic E-state index is -3.70. The van der Waals surface area contributed by atoms with Gasteiger partial charge in [0.25, 0.3) is 0 Å². The van der Waals surface area contributed by atoms with Crippen LogP contribution in [0.25, 0.3) is 0 Å². The average molecular weight is 359 g/mol. The Labute approximate surface area is 145 Å². The van der Waals surface area contributed by atoms with Gasteiger partial charge in [-0.3, -0.25) is 19.5 Å². The fourth-order valence-corrected chi connectivity index (χ4v) is 3.60. The SMILES string of the molecule is O=C1CCCC(=O)N1c1ccc(S(=O)(=O)NCc2cccnc2)cc1. The highest BCUT2D eigenvalue weighted by Gasteiger charge is 2.27. The molecule has 1 aliphatic heterocycles. The molecule has 2 amide bonds. The first kappa shape index (κ1) is 17.2. The Balaban J connectivity index is 1.75. The molecule has 1 aromatic heterocycles. The third-order valence-electron chi connectivity index (χ3n) is 3.87. The highest BCUT2D eigenvalue weighted by atomic mass is 32.2. The van der Waals surface area contributed by atoms with Gasteiger partial charge in [0.1, 0.15) is 0 Å². The molecule has 130 valence electrons. The van der Waals surface area contributed by atoms with E-state index in [-0.39, 0.29) is 23.3 Å². The summed E-state index contributed by atoms with van der Waals surface area (Å²) in [5.41, 5.74) is 1.13. The van der Waals surface area contributed by atoms with Crippen LogP contribution in [0, 0.1) is 0 Å². The maximum atomic E-state index is 12.3. The van der Waals surface area contributed by atoms with Gasteiger partial charge in [-0.05, 0) is 42.3 Å². The fraction of sp³-hybridized carbons (Fsp3) is 0.235.